The average Bonchev–Trinajstić information content (AvgIpc) is 2.26. The number of rotatable bonds is 3. The van der Waals surface area contributed by atoms with Crippen LogP contribution in [0.3, 0.4) is 0 Å². The molecule has 0 unspecified atom stereocenters. The van der Waals surface area contributed by atoms with Crippen LogP contribution in [-0.2, 0) is 19.1 Å². The van der Waals surface area contributed by atoms with Gasteiger partial charge in [0.2, 0.25) is 5.60 Å². The Balaban J connectivity index is 2.98. The van der Waals surface area contributed by atoms with Gasteiger partial charge in [0.15, 0.2) is 0 Å². The molecule has 7 nitrogen and oxygen atoms in total. The molecule has 0 amide bonds. The summed E-state index contributed by atoms with van der Waals surface area (Å²) in [5.41, 5.74) is -2.33. The summed E-state index contributed by atoms with van der Waals surface area (Å²) in [6.45, 7) is 0. The minimum Gasteiger partial charge on any atom is -0.481 e. The number of carbonyl (C=O) groups excluding carboxylic acids is 1. The highest BCUT2D eigenvalue weighted by Crippen LogP contribution is 2.30. The van der Waals surface area contributed by atoms with Crippen molar-refractivity contribution in [3.63, 3.8) is 0 Å². The van der Waals surface area contributed by atoms with Crippen LogP contribution in [-0.4, -0.2) is 44.9 Å². The van der Waals surface area contributed by atoms with E-state index in [1.165, 1.54) is 0 Å². The summed E-state index contributed by atoms with van der Waals surface area (Å²) >= 11 is 0. The van der Waals surface area contributed by atoms with Gasteiger partial charge in [-0.3, -0.25) is 9.59 Å². The van der Waals surface area contributed by atoms with Crippen LogP contribution in [0.2, 0.25) is 0 Å². The Morgan fingerprint density at radius 3 is 2.36 bits per heavy atom. The van der Waals surface area contributed by atoms with Crippen LogP contribution in [0.1, 0.15) is 12.8 Å². The quantitative estimate of drug-likeness (QED) is 0.483. The van der Waals surface area contributed by atoms with Crippen LogP contribution in [0.5, 0.6) is 0 Å². The average molecular weight is 204 g/mol. The Labute approximate surface area is 77.9 Å². The molecule has 1 rings (SSSR count). The maximum Gasteiger partial charge on any atom is 0.351 e. The number of carboxylic acid groups (broad SMARTS) is 2. The van der Waals surface area contributed by atoms with Crippen molar-refractivity contribution in [3.05, 3.63) is 0 Å². The lowest BCUT2D eigenvalue weighted by Gasteiger charge is -2.23. The molecule has 0 aromatic carbocycles. The van der Waals surface area contributed by atoms with Crippen molar-refractivity contribution in [3.8, 4) is 0 Å². The van der Waals surface area contributed by atoms with E-state index in [0.29, 0.717) is 0 Å². The van der Waals surface area contributed by atoms with Gasteiger partial charge < -0.3 is 20.1 Å². The number of ether oxygens (including phenoxy) is 1. The fourth-order valence-electron chi connectivity index (χ4n) is 1.28. The van der Waals surface area contributed by atoms with Crippen molar-refractivity contribution in [1.82, 2.24) is 0 Å². The zero-order valence-corrected chi connectivity index (χ0v) is 6.97. The fraction of sp³-hybridized carbons (Fsp3) is 0.571. The van der Waals surface area contributed by atoms with E-state index in [1.54, 1.807) is 0 Å². The molecule has 7 heteroatoms. The minimum atomic E-state index is -2.33. The van der Waals surface area contributed by atoms with Gasteiger partial charge >= 0.3 is 17.9 Å². The molecule has 14 heavy (non-hydrogen) atoms. The van der Waals surface area contributed by atoms with Gasteiger partial charge in [0, 0.05) is 0 Å². The van der Waals surface area contributed by atoms with Crippen molar-refractivity contribution in [2.24, 2.45) is 0 Å². The summed E-state index contributed by atoms with van der Waals surface area (Å²) in [5, 5.41) is 26.4. The summed E-state index contributed by atoms with van der Waals surface area (Å²) in [5.74, 6) is -4.03. The fourth-order valence-corrected chi connectivity index (χ4v) is 1.28. The highest BCUT2D eigenvalue weighted by Gasteiger charge is 2.56. The number of aliphatic carboxylic acids is 2. The van der Waals surface area contributed by atoms with Gasteiger partial charge in [-0.1, -0.05) is 0 Å². The number of aliphatic hydroxyl groups excluding tert-OH is 1. The molecule has 1 fully saturated rings. The number of esters is 1. The summed E-state index contributed by atoms with van der Waals surface area (Å²) in [7, 11) is 0. The van der Waals surface area contributed by atoms with E-state index in [-0.39, 0.29) is 0 Å². The highest BCUT2D eigenvalue weighted by molar-refractivity contribution is 5.90. The number of hydrogen-bond donors (Lipinski definition) is 3. The first-order valence-corrected chi connectivity index (χ1v) is 3.73. The lowest BCUT2D eigenvalue weighted by atomic mass is 9.93. The second kappa shape index (κ2) is 3.26. The molecule has 0 aliphatic carbocycles. The van der Waals surface area contributed by atoms with Gasteiger partial charge in [-0.25, -0.2) is 4.79 Å². The minimum absolute atomic E-state index is 0.500. The first-order valence-electron chi connectivity index (χ1n) is 3.73. The van der Waals surface area contributed by atoms with Crippen molar-refractivity contribution in [1.29, 1.82) is 0 Å². The highest BCUT2D eigenvalue weighted by atomic mass is 16.6. The smallest absolute Gasteiger partial charge is 0.351 e. The predicted molar refractivity (Wildman–Crippen MR) is 39.3 cm³/mol. The zero-order chi connectivity index (χ0) is 10.9. The van der Waals surface area contributed by atoms with E-state index < -0.39 is 42.5 Å². The Kier molecular flexibility index (Phi) is 2.43. The molecule has 1 saturated heterocycles. The molecule has 1 aliphatic heterocycles. The molecular weight excluding hydrogens is 196 g/mol. The van der Waals surface area contributed by atoms with Crippen LogP contribution in [0.25, 0.3) is 0 Å². The molecule has 78 valence electrons. The van der Waals surface area contributed by atoms with Gasteiger partial charge in [0.05, 0.1) is 12.8 Å². The number of carboxylic acids is 2. The van der Waals surface area contributed by atoms with E-state index >= 15 is 0 Å². The standard InChI is InChI=1S/C7H8O7/c8-3-1-5(11)14-7(3,6(12)13)2-4(9)10/h3,8H,1-2H2,(H,9,10)(H,12,13)/t3-,7-/m0/s1. The molecule has 0 bridgehead atoms. The molecular formula is C7H8O7. The van der Waals surface area contributed by atoms with Crippen LogP contribution >= 0.6 is 0 Å². The van der Waals surface area contributed by atoms with Crippen LogP contribution < -0.4 is 0 Å². The summed E-state index contributed by atoms with van der Waals surface area (Å²) in [6.07, 6.45) is -3.07. The van der Waals surface area contributed by atoms with Crippen LogP contribution in [0.15, 0.2) is 0 Å². The lowest BCUT2D eigenvalue weighted by molar-refractivity contribution is -0.180. The van der Waals surface area contributed by atoms with E-state index in [9.17, 15) is 19.5 Å². The third-order valence-electron chi connectivity index (χ3n) is 1.97. The molecule has 1 aliphatic rings. The second-order valence-electron chi connectivity index (χ2n) is 2.96. The number of cyclic esters (lactones) is 1. The third kappa shape index (κ3) is 1.53. The summed E-state index contributed by atoms with van der Waals surface area (Å²) in [6, 6.07) is 0. The lowest BCUT2D eigenvalue weighted by Crippen LogP contribution is -2.48. The largest absolute Gasteiger partial charge is 0.481 e. The van der Waals surface area contributed by atoms with Crippen LogP contribution in [0, 0.1) is 0 Å². The van der Waals surface area contributed by atoms with Gasteiger partial charge in [0.25, 0.3) is 0 Å². The topological polar surface area (TPSA) is 121 Å². The Bertz CT molecular complexity index is 296. The number of hydrogen-bond acceptors (Lipinski definition) is 5. The Morgan fingerprint density at radius 2 is 2.07 bits per heavy atom. The summed E-state index contributed by atoms with van der Waals surface area (Å²) in [4.78, 5) is 31.8. The predicted octanol–water partition coefficient (Wildman–Crippen LogP) is -1.41. The van der Waals surface area contributed by atoms with Gasteiger partial charge in [-0.15, -0.1) is 0 Å². The van der Waals surface area contributed by atoms with Gasteiger partial charge in [-0.05, 0) is 0 Å². The molecule has 2 atom stereocenters. The zero-order valence-electron chi connectivity index (χ0n) is 6.97. The normalized spacial score (nSPS) is 31.2. The Hall–Kier alpha value is -1.63. The monoisotopic (exact) mass is 204 g/mol. The first-order chi connectivity index (χ1) is 6.38. The van der Waals surface area contributed by atoms with E-state index in [4.69, 9.17) is 10.2 Å². The first kappa shape index (κ1) is 10.5. The second-order valence-corrected chi connectivity index (χ2v) is 2.96. The third-order valence-corrected chi connectivity index (χ3v) is 1.97. The molecule has 0 aromatic heterocycles. The van der Waals surface area contributed by atoms with E-state index in [2.05, 4.69) is 4.74 Å². The maximum atomic E-state index is 10.7. The van der Waals surface area contributed by atoms with E-state index in [0.717, 1.165) is 0 Å². The molecule has 0 saturated carbocycles. The van der Waals surface area contributed by atoms with Gasteiger partial charge in [0.1, 0.15) is 6.10 Å². The van der Waals surface area contributed by atoms with Crippen molar-refractivity contribution >= 4 is 17.9 Å². The molecule has 0 aromatic rings. The number of aliphatic hydroxyl groups is 1. The Morgan fingerprint density at radius 1 is 1.50 bits per heavy atom. The molecule has 3 N–H and O–H groups in total. The van der Waals surface area contributed by atoms with E-state index in [1.807, 2.05) is 0 Å². The molecule has 0 spiro atoms. The van der Waals surface area contributed by atoms with Crippen molar-refractivity contribution in [2.75, 3.05) is 0 Å². The maximum absolute atomic E-state index is 10.7. The van der Waals surface area contributed by atoms with Crippen LogP contribution in [0.4, 0.5) is 0 Å². The van der Waals surface area contributed by atoms with Crippen molar-refractivity contribution in [2.45, 2.75) is 24.5 Å². The molecule has 1 heterocycles. The molecule has 0 radical (unpaired) electrons. The SMILES string of the molecule is O=C(O)C[C@]1(C(=O)O)OC(=O)C[C@@H]1O. The number of carbonyl (C=O) groups is 3. The van der Waals surface area contributed by atoms with Gasteiger partial charge in [-0.2, -0.15) is 0 Å². The van der Waals surface area contributed by atoms with Crippen molar-refractivity contribution < 1.29 is 34.4 Å². The summed E-state index contributed by atoms with van der Waals surface area (Å²) < 4.78 is 4.36.